The van der Waals surface area contributed by atoms with Gasteiger partial charge in [0.25, 0.3) is 0 Å². The SMILES string of the molecule is O=S1(=O)CCCOCN1. The van der Waals surface area contributed by atoms with E-state index in [9.17, 15) is 8.42 Å². The van der Waals surface area contributed by atoms with Crippen LogP contribution < -0.4 is 4.72 Å². The monoisotopic (exact) mass is 151 g/mol. The standard InChI is InChI=1S/C4H9NO3S/c6-9(7)3-1-2-8-4-5-9/h5H,1-4H2. The van der Waals surface area contributed by atoms with E-state index in [-0.39, 0.29) is 12.5 Å². The summed E-state index contributed by atoms with van der Waals surface area (Å²) in [5.41, 5.74) is 0. The fourth-order valence-corrected chi connectivity index (χ4v) is 1.53. The Morgan fingerprint density at radius 2 is 2.22 bits per heavy atom. The van der Waals surface area contributed by atoms with Crippen molar-refractivity contribution < 1.29 is 13.2 Å². The maximum Gasteiger partial charge on any atom is 0.213 e. The van der Waals surface area contributed by atoms with E-state index < -0.39 is 10.0 Å². The predicted molar refractivity (Wildman–Crippen MR) is 32.4 cm³/mol. The molecule has 1 saturated heterocycles. The van der Waals surface area contributed by atoms with Gasteiger partial charge in [-0.2, -0.15) is 4.72 Å². The molecule has 0 aliphatic carbocycles. The van der Waals surface area contributed by atoms with E-state index in [4.69, 9.17) is 4.74 Å². The molecule has 4 nitrogen and oxygen atoms in total. The van der Waals surface area contributed by atoms with Gasteiger partial charge in [-0.05, 0) is 6.42 Å². The first-order valence-electron chi connectivity index (χ1n) is 2.76. The van der Waals surface area contributed by atoms with Crippen molar-refractivity contribution in [2.45, 2.75) is 6.42 Å². The van der Waals surface area contributed by atoms with Crippen LogP contribution in [0.5, 0.6) is 0 Å². The Hall–Kier alpha value is -0.130. The van der Waals surface area contributed by atoms with Crippen LogP contribution in [0.25, 0.3) is 0 Å². The lowest BCUT2D eigenvalue weighted by Crippen LogP contribution is -2.25. The highest BCUT2D eigenvalue weighted by Crippen LogP contribution is 1.94. The lowest BCUT2D eigenvalue weighted by Gasteiger charge is -1.96. The second-order valence-electron chi connectivity index (χ2n) is 1.87. The second-order valence-corrected chi connectivity index (χ2v) is 3.80. The van der Waals surface area contributed by atoms with E-state index in [0.29, 0.717) is 13.0 Å². The number of hydrogen-bond donors (Lipinski definition) is 1. The van der Waals surface area contributed by atoms with Crippen molar-refractivity contribution in [3.63, 3.8) is 0 Å². The Kier molecular flexibility index (Phi) is 2.05. The van der Waals surface area contributed by atoms with Gasteiger partial charge < -0.3 is 4.74 Å². The van der Waals surface area contributed by atoms with E-state index in [2.05, 4.69) is 4.72 Å². The van der Waals surface area contributed by atoms with Crippen molar-refractivity contribution >= 4 is 10.0 Å². The molecule has 0 unspecified atom stereocenters. The van der Waals surface area contributed by atoms with E-state index in [1.807, 2.05) is 0 Å². The van der Waals surface area contributed by atoms with Crippen molar-refractivity contribution in [3.8, 4) is 0 Å². The topological polar surface area (TPSA) is 55.4 Å². The molecule has 1 aliphatic heterocycles. The van der Waals surface area contributed by atoms with Gasteiger partial charge in [0.2, 0.25) is 10.0 Å². The second kappa shape index (κ2) is 2.64. The van der Waals surface area contributed by atoms with Gasteiger partial charge in [0.05, 0.1) is 5.75 Å². The summed E-state index contributed by atoms with van der Waals surface area (Å²) in [6.45, 7) is 0.661. The summed E-state index contributed by atoms with van der Waals surface area (Å²) in [7, 11) is -2.99. The van der Waals surface area contributed by atoms with Gasteiger partial charge in [-0.25, -0.2) is 8.42 Å². The van der Waals surface area contributed by atoms with E-state index >= 15 is 0 Å². The molecule has 0 radical (unpaired) electrons. The largest absolute Gasteiger partial charge is 0.365 e. The lowest BCUT2D eigenvalue weighted by atomic mass is 10.5. The molecule has 1 N–H and O–H groups in total. The van der Waals surface area contributed by atoms with Crippen LogP contribution in [0.15, 0.2) is 0 Å². The van der Waals surface area contributed by atoms with Crippen molar-refractivity contribution in [3.05, 3.63) is 0 Å². The summed E-state index contributed by atoms with van der Waals surface area (Å²) < 4.78 is 28.5. The quantitative estimate of drug-likeness (QED) is 0.497. The van der Waals surface area contributed by atoms with E-state index in [1.54, 1.807) is 0 Å². The minimum atomic E-state index is -2.99. The zero-order valence-corrected chi connectivity index (χ0v) is 5.78. The molecule has 0 saturated carbocycles. The molecular weight excluding hydrogens is 142 g/mol. The molecule has 0 bridgehead atoms. The first kappa shape index (κ1) is 6.98. The normalized spacial score (nSPS) is 27.1. The summed E-state index contributed by atoms with van der Waals surface area (Å²) in [4.78, 5) is 0. The Bertz CT molecular complexity index is 160. The van der Waals surface area contributed by atoms with Crippen LogP contribution >= 0.6 is 0 Å². The molecule has 5 heteroatoms. The van der Waals surface area contributed by atoms with Gasteiger partial charge in [0, 0.05) is 6.61 Å². The van der Waals surface area contributed by atoms with E-state index in [1.165, 1.54) is 0 Å². The van der Waals surface area contributed by atoms with Gasteiger partial charge in [-0.3, -0.25) is 0 Å². The first-order valence-corrected chi connectivity index (χ1v) is 4.41. The Labute approximate surface area is 54.3 Å². The molecule has 1 heterocycles. The minimum Gasteiger partial charge on any atom is -0.365 e. The molecule has 0 spiro atoms. The van der Waals surface area contributed by atoms with E-state index in [0.717, 1.165) is 0 Å². The van der Waals surface area contributed by atoms with Crippen LogP contribution in [0.4, 0.5) is 0 Å². The first-order chi connectivity index (χ1) is 4.21. The molecule has 0 aromatic heterocycles. The van der Waals surface area contributed by atoms with Gasteiger partial charge in [-0.1, -0.05) is 0 Å². The van der Waals surface area contributed by atoms with Crippen molar-refractivity contribution in [1.29, 1.82) is 0 Å². The smallest absolute Gasteiger partial charge is 0.213 e. The lowest BCUT2D eigenvalue weighted by molar-refractivity contribution is 0.137. The van der Waals surface area contributed by atoms with Gasteiger partial charge in [0.15, 0.2) is 0 Å². The summed E-state index contributed by atoms with van der Waals surface area (Å²) in [6, 6.07) is 0. The third kappa shape index (κ3) is 2.30. The third-order valence-corrected chi connectivity index (χ3v) is 2.47. The molecular formula is C4H9NO3S. The molecule has 1 aliphatic rings. The Morgan fingerprint density at radius 3 is 3.00 bits per heavy atom. The summed E-state index contributed by atoms with van der Waals surface area (Å²) in [5, 5.41) is 0. The number of ether oxygens (including phenoxy) is 1. The zero-order valence-electron chi connectivity index (χ0n) is 4.96. The third-order valence-electron chi connectivity index (χ3n) is 1.08. The average molecular weight is 151 g/mol. The van der Waals surface area contributed by atoms with Gasteiger partial charge in [0.1, 0.15) is 6.73 Å². The molecule has 1 fully saturated rings. The fraction of sp³-hybridized carbons (Fsp3) is 1.00. The van der Waals surface area contributed by atoms with Crippen LogP contribution in [-0.4, -0.2) is 27.5 Å². The fourth-order valence-electron chi connectivity index (χ4n) is 0.627. The van der Waals surface area contributed by atoms with Gasteiger partial charge in [-0.15, -0.1) is 0 Å². The number of nitrogens with one attached hydrogen (secondary N) is 1. The molecule has 0 atom stereocenters. The molecule has 9 heavy (non-hydrogen) atoms. The average Bonchev–Trinajstić information content (AvgIpc) is 1.92. The molecule has 0 amide bonds. The molecule has 0 aromatic carbocycles. The van der Waals surface area contributed by atoms with Crippen LogP contribution in [0.1, 0.15) is 6.42 Å². The maximum absolute atomic E-state index is 10.7. The maximum atomic E-state index is 10.7. The van der Waals surface area contributed by atoms with Crippen LogP contribution in [0.3, 0.4) is 0 Å². The van der Waals surface area contributed by atoms with Crippen molar-refractivity contribution in [2.24, 2.45) is 0 Å². The minimum absolute atomic E-state index is 0.127. The van der Waals surface area contributed by atoms with Crippen LogP contribution in [0, 0.1) is 0 Å². The summed E-state index contributed by atoms with van der Waals surface area (Å²) in [6.07, 6.45) is 0.593. The zero-order chi connectivity index (χ0) is 6.74. The highest BCUT2D eigenvalue weighted by Gasteiger charge is 2.11. The van der Waals surface area contributed by atoms with Gasteiger partial charge >= 0.3 is 0 Å². The number of rotatable bonds is 0. The summed E-state index contributed by atoms with van der Waals surface area (Å²) >= 11 is 0. The highest BCUT2D eigenvalue weighted by molar-refractivity contribution is 7.89. The predicted octanol–water partition coefficient (Wildman–Crippen LogP) is -0.716. The highest BCUT2D eigenvalue weighted by atomic mass is 32.2. The molecule has 1 rings (SSSR count). The Morgan fingerprint density at radius 1 is 1.44 bits per heavy atom. The van der Waals surface area contributed by atoms with Crippen LogP contribution in [-0.2, 0) is 14.8 Å². The number of hydrogen-bond acceptors (Lipinski definition) is 3. The number of sulfonamides is 1. The Balaban J connectivity index is 2.56. The van der Waals surface area contributed by atoms with Crippen molar-refractivity contribution in [2.75, 3.05) is 19.1 Å². The van der Waals surface area contributed by atoms with Crippen molar-refractivity contribution in [1.82, 2.24) is 4.72 Å². The summed E-state index contributed by atoms with van der Waals surface area (Å²) in [5.74, 6) is 0.188. The molecule has 54 valence electrons. The molecule has 0 aromatic rings. The van der Waals surface area contributed by atoms with Crippen LogP contribution in [0.2, 0.25) is 0 Å².